The Morgan fingerprint density at radius 2 is 0.917 bits per heavy atom. The third-order valence-electron chi connectivity index (χ3n) is 4.24. The van der Waals surface area contributed by atoms with Crippen molar-refractivity contribution in [3.8, 4) is 0 Å². The van der Waals surface area contributed by atoms with E-state index in [9.17, 15) is 0 Å². The quantitative estimate of drug-likeness (QED) is 0.191. The van der Waals surface area contributed by atoms with Gasteiger partial charge >= 0.3 is 0 Å². The molecule has 0 aliphatic rings. The fourth-order valence-electron chi connectivity index (χ4n) is 2.61. The highest BCUT2D eigenvalue weighted by atomic mass is 32.2. The summed E-state index contributed by atoms with van der Waals surface area (Å²) in [6, 6.07) is 0. The summed E-state index contributed by atoms with van der Waals surface area (Å²) < 4.78 is 0. The van der Waals surface area contributed by atoms with E-state index in [1.807, 2.05) is 0 Å². The molecule has 146 valence electrons. The zero-order valence-electron chi connectivity index (χ0n) is 16.8. The van der Waals surface area contributed by atoms with Crippen molar-refractivity contribution in [2.75, 3.05) is 28.8 Å². The summed E-state index contributed by atoms with van der Waals surface area (Å²) in [5.41, 5.74) is 0. The van der Waals surface area contributed by atoms with Gasteiger partial charge in [0.05, 0.1) is 0 Å². The van der Waals surface area contributed by atoms with E-state index >= 15 is 0 Å². The molecular formula is C21H44S3. The number of hydrogen-bond acceptors (Lipinski definition) is 3. The number of hydrogen-bond donors (Lipinski definition) is 0. The molecule has 0 heterocycles. The lowest BCUT2D eigenvalue weighted by Gasteiger charge is -2.16. The molecule has 0 atom stereocenters. The molecule has 0 aliphatic carbocycles. The normalized spacial score (nSPS) is 11.5. The first-order chi connectivity index (χ1) is 11.8. The highest BCUT2D eigenvalue weighted by molar-refractivity contribution is 8.05. The van der Waals surface area contributed by atoms with Crippen LogP contribution >= 0.6 is 35.3 Å². The van der Waals surface area contributed by atoms with E-state index in [1.54, 1.807) is 0 Å². The highest BCUT2D eigenvalue weighted by Crippen LogP contribution is 2.24. The molecule has 0 amide bonds. The lowest BCUT2D eigenvalue weighted by molar-refractivity contribution is 0.705. The number of thioether (sulfide) groups is 3. The third-order valence-corrected chi connectivity index (χ3v) is 8.43. The van der Waals surface area contributed by atoms with Crippen molar-refractivity contribution in [1.29, 1.82) is 0 Å². The van der Waals surface area contributed by atoms with Gasteiger partial charge in [-0.15, -0.1) is 0 Å². The molecule has 0 aromatic rings. The SMILES string of the molecule is CCCCCCSCC(CSCCCCCC)SCCCCCC. The third kappa shape index (κ3) is 19.4. The molecule has 0 aliphatic heterocycles. The van der Waals surface area contributed by atoms with Gasteiger partial charge in [0, 0.05) is 16.8 Å². The molecule has 0 radical (unpaired) electrons. The van der Waals surface area contributed by atoms with E-state index < -0.39 is 0 Å². The van der Waals surface area contributed by atoms with Gasteiger partial charge in [-0.25, -0.2) is 0 Å². The first kappa shape index (κ1) is 25.1. The van der Waals surface area contributed by atoms with Crippen molar-refractivity contribution in [1.82, 2.24) is 0 Å². The highest BCUT2D eigenvalue weighted by Gasteiger charge is 2.09. The van der Waals surface area contributed by atoms with Gasteiger partial charge in [0.1, 0.15) is 0 Å². The summed E-state index contributed by atoms with van der Waals surface area (Å²) >= 11 is 6.70. The molecule has 0 nitrogen and oxygen atoms in total. The van der Waals surface area contributed by atoms with E-state index in [2.05, 4.69) is 56.1 Å². The van der Waals surface area contributed by atoms with Gasteiger partial charge in [-0.3, -0.25) is 0 Å². The first-order valence-corrected chi connectivity index (χ1v) is 14.0. The maximum atomic E-state index is 2.31. The fourth-order valence-corrected chi connectivity index (χ4v) is 6.73. The van der Waals surface area contributed by atoms with Crippen LogP contribution in [-0.4, -0.2) is 34.0 Å². The largest absolute Gasteiger partial charge is 0.161 e. The summed E-state index contributed by atoms with van der Waals surface area (Å²) in [5.74, 6) is 6.92. The predicted molar refractivity (Wildman–Crippen MR) is 123 cm³/mol. The van der Waals surface area contributed by atoms with Crippen molar-refractivity contribution >= 4 is 35.3 Å². The Labute approximate surface area is 166 Å². The lowest BCUT2D eigenvalue weighted by atomic mass is 10.2. The zero-order valence-corrected chi connectivity index (χ0v) is 19.3. The van der Waals surface area contributed by atoms with Crippen LogP contribution < -0.4 is 0 Å². The average molecular weight is 393 g/mol. The van der Waals surface area contributed by atoms with Crippen LogP contribution in [0.15, 0.2) is 0 Å². The molecular weight excluding hydrogens is 348 g/mol. The molecule has 0 saturated carbocycles. The van der Waals surface area contributed by atoms with Gasteiger partial charge in [0.25, 0.3) is 0 Å². The summed E-state index contributed by atoms with van der Waals surface area (Å²) in [7, 11) is 0. The molecule has 24 heavy (non-hydrogen) atoms. The van der Waals surface area contributed by atoms with E-state index in [1.165, 1.54) is 106 Å². The van der Waals surface area contributed by atoms with Crippen LogP contribution in [0.5, 0.6) is 0 Å². The van der Waals surface area contributed by atoms with Crippen molar-refractivity contribution in [3.05, 3.63) is 0 Å². The Morgan fingerprint density at radius 3 is 1.33 bits per heavy atom. The number of unbranched alkanes of at least 4 members (excludes halogenated alkanes) is 9. The van der Waals surface area contributed by atoms with Crippen molar-refractivity contribution in [3.63, 3.8) is 0 Å². The van der Waals surface area contributed by atoms with Gasteiger partial charge in [-0.2, -0.15) is 35.3 Å². The Balaban J connectivity index is 3.74. The predicted octanol–water partition coefficient (Wildman–Crippen LogP) is 8.30. The average Bonchev–Trinajstić information content (AvgIpc) is 2.60. The van der Waals surface area contributed by atoms with Crippen LogP contribution in [0.1, 0.15) is 97.8 Å². The molecule has 0 N–H and O–H groups in total. The minimum absolute atomic E-state index is 0.888. The fraction of sp³-hybridized carbons (Fsp3) is 1.00. The molecule has 0 aromatic carbocycles. The minimum Gasteiger partial charge on any atom is -0.161 e. The van der Waals surface area contributed by atoms with E-state index in [0.29, 0.717) is 0 Å². The van der Waals surface area contributed by atoms with Crippen LogP contribution in [0.3, 0.4) is 0 Å². The van der Waals surface area contributed by atoms with Crippen LogP contribution in [-0.2, 0) is 0 Å². The minimum atomic E-state index is 0.888. The summed E-state index contributed by atoms with van der Waals surface area (Å²) in [6.07, 6.45) is 16.9. The molecule has 0 spiro atoms. The summed E-state index contributed by atoms with van der Waals surface area (Å²) in [6.45, 7) is 6.91. The molecule has 3 heteroatoms. The van der Waals surface area contributed by atoms with Crippen molar-refractivity contribution < 1.29 is 0 Å². The van der Waals surface area contributed by atoms with Gasteiger partial charge in [-0.1, -0.05) is 78.6 Å². The Kier molecular flexibility index (Phi) is 23.1. The second-order valence-corrected chi connectivity index (χ2v) is 10.5. The maximum absolute atomic E-state index is 2.31. The van der Waals surface area contributed by atoms with Crippen LogP contribution in [0.25, 0.3) is 0 Å². The smallest absolute Gasteiger partial charge is 0.0228 e. The molecule has 0 aromatic heterocycles. The van der Waals surface area contributed by atoms with Crippen molar-refractivity contribution in [2.45, 2.75) is 103 Å². The van der Waals surface area contributed by atoms with E-state index in [0.717, 1.165) is 5.25 Å². The van der Waals surface area contributed by atoms with Crippen LogP contribution in [0, 0.1) is 0 Å². The topological polar surface area (TPSA) is 0 Å². The van der Waals surface area contributed by atoms with Gasteiger partial charge in [0.2, 0.25) is 0 Å². The zero-order chi connectivity index (χ0) is 17.7. The first-order valence-electron chi connectivity index (χ1n) is 10.6. The Bertz CT molecular complexity index is 205. The van der Waals surface area contributed by atoms with Gasteiger partial charge in [0.15, 0.2) is 0 Å². The second kappa shape index (κ2) is 22.1. The van der Waals surface area contributed by atoms with Crippen LogP contribution in [0.2, 0.25) is 0 Å². The Hall–Kier alpha value is 1.05. The van der Waals surface area contributed by atoms with Gasteiger partial charge in [-0.05, 0) is 36.5 Å². The standard InChI is InChI=1S/C21H44S3/c1-4-7-10-13-16-22-19-21(24-18-15-12-9-6-3)20-23-17-14-11-8-5-2/h21H,4-20H2,1-3H3. The van der Waals surface area contributed by atoms with Crippen molar-refractivity contribution in [2.24, 2.45) is 0 Å². The number of rotatable bonds is 20. The summed E-state index contributed by atoms with van der Waals surface area (Å²) in [5, 5.41) is 0.888. The van der Waals surface area contributed by atoms with E-state index in [4.69, 9.17) is 0 Å². The second-order valence-electron chi connectivity index (χ2n) is 6.82. The van der Waals surface area contributed by atoms with Gasteiger partial charge < -0.3 is 0 Å². The molecule has 0 saturated heterocycles. The van der Waals surface area contributed by atoms with E-state index in [-0.39, 0.29) is 0 Å². The molecule has 0 unspecified atom stereocenters. The summed E-state index contributed by atoms with van der Waals surface area (Å²) in [4.78, 5) is 0. The monoisotopic (exact) mass is 392 g/mol. The lowest BCUT2D eigenvalue weighted by Crippen LogP contribution is -2.12. The molecule has 0 rings (SSSR count). The Morgan fingerprint density at radius 1 is 0.500 bits per heavy atom. The maximum Gasteiger partial charge on any atom is 0.0228 e. The van der Waals surface area contributed by atoms with Crippen LogP contribution in [0.4, 0.5) is 0 Å². The molecule has 0 bridgehead atoms. The molecule has 0 fully saturated rings.